The lowest BCUT2D eigenvalue weighted by Gasteiger charge is -2.19. The average Bonchev–Trinajstić information content (AvgIpc) is 3.64. The first-order valence-electron chi connectivity index (χ1n) is 15.5. The molecule has 0 fully saturated rings. The van der Waals surface area contributed by atoms with Gasteiger partial charge in [0, 0.05) is 38.2 Å². The first kappa shape index (κ1) is 26.1. The van der Waals surface area contributed by atoms with Crippen LogP contribution in [0.25, 0.3) is 77.2 Å². The molecular formula is C43H27N3. The number of aromatic nitrogens is 2. The fourth-order valence-corrected chi connectivity index (χ4v) is 7.20. The number of hydrogen-bond acceptors (Lipinski definition) is 1. The van der Waals surface area contributed by atoms with Gasteiger partial charge < -0.3 is 9.13 Å². The van der Waals surface area contributed by atoms with Gasteiger partial charge in [0.2, 0.25) is 0 Å². The maximum absolute atomic E-state index is 10.1. The monoisotopic (exact) mass is 585 g/mol. The molecular weight excluding hydrogens is 558 g/mol. The molecule has 3 nitrogen and oxygen atoms in total. The molecule has 7 aromatic carbocycles. The number of para-hydroxylation sites is 5. The Morgan fingerprint density at radius 3 is 1.35 bits per heavy atom. The molecule has 0 saturated carbocycles. The average molecular weight is 586 g/mol. The standard InChI is InChI=1S/C43H27N3/c44-28-30-13-1-2-14-31(30)37-26-25-29(27-43(37)46-41-23-11-6-18-35(41)36-19-7-12-24-42(36)46)32-15-3-8-20-38(32)45-39-21-9-4-16-33(39)34-17-5-10-22-40(34)45/h1-27H. The SMILES string of the molecule is N#Cc1ccccc1-c1ccc(-c2ccccc2-n2c3ccccc3c3ccccc32)cc1-n1c2ccccc2c2ccccc21. The highest BCUT2D eigenvalue weighted by Gasteiger charge is 2.20. The van der Waals surface area contributed by atoms with Crippen molar-refractivity contribution in [3.8, 4) is 39.7 Å². The van der Waals surface area contributed by atoms with Crippen LogP contribution in [0.4, 0.5) is 0 Å². The molecule has 0 N–H and O–H groups in total. The quantitative estimate of drug-likeness (QED) is 0.202. The molecule has 3 heteroatoms. The van der Waals surface area contributed by atoms with E-state index in [2.05, 4.69) is 161 Å². The zero-order chi connectivity index (χ0) is 30.6. The third-order valence-corrected chi connectivity index (χ3v) is 9.19. The van der Waals surface area contributed by atoms with E-state index >= 15 is 0 Å². The minimum Gasteiger partial charge on any atom is -0.309 e. The molecule has 9 rings (SSSR count). The second kappa shape index (κ2) is 10.4. The van der Waals surface area contributed by atoms with Crippen LogP contribution in [0, 0.1) is 11.3 Å². The molecule has 0 radical (unpaired) electrons. The molecule has 0 aliphatic carbocycles. The molecule has 9 aromatic rings. The second-order valence-electron chi connectivity index (χ2n) is 11.6. The fourth-order valence-electron chi connectivity index (χ4n) is 7.20. The highest BCUT2D eigenvalue weighted by atomic mass is 15.0. The number of fused-ring (bicyclic) bond motifs is 6. The first-order chi connectivity index (χ1) is 22.8. The van der Waals surface area contributed by atoms with Gasteiger partial charge in [-0.2, -0.15) is 5.26 Å². The van der Waals surface area contributed by atoms with E-state index in [1.54, 1.807) is 0 Å². The van der Waals surface area contributed by atoms with Crippen molar-refractivity contribution in [1.29, 1.82) is 5.26 Å². The fraction of sp³-hybridized carbons (Fsp3) is 0. The van der Waals surface area contributed by atoms with Crippen LogP contribution < -0.4 is 0 Å². The van der Waals surface area contributed by atoms with Gasteiger partial charge in [-0.1, -0.05) is 121 Å². The minimum absolute atomic E-state index is 0.656. The Bertz CT molecular complexity index is 2560. The van der Waals surface area contributed by atoms with Crippen LogP contribution in [-0.4, -0.2) is 9.13 Å². The van der Waals surface area contributed by atoms with Crippen molar-refractivity contribution in [3.05, 3.63) is 169 Å². The lowest BCUT2D eigenvalue weighted by atomic mass is 9.94. The van der Waals surface area contributed by atoms with Gasteiger partial charge in [-0.15, -0.1) is 0 Å². The van der Waals surface area contributed by atoms with Crippen molar-refractivity contribution in [2.75, 3.05) is 0 Å². The van der Waals surface area contributed by atoms with Crippen LogP contribution in [0.3, 0.4) is 0 Å². The van der Waals surface area contributed by atoms with Gasteiger partial charge in [-0.05, 0) is 48.0 Å². The number of hydrogen-bond donors (Lipinski definition) is 0. The Hall–Kier alpha value is -6.37. The molecule has 0 atom stereocenters. The zero-order valence-corrected chi connectivity index (χ0v) is 24.9. The molecule has 0 aliphatic heterocycles. The first-order valence-corrected chi connectivity index (χ1v) is 15.5. The van der Waals surface area contributed by atoms with Crippen molar-refractivity contribution in [3.63, 3.8) is 0 Å². The summed E-state index contributed by atoms with van der Waals surface area (Å²) in [6.07, 6.45) is 0. The summed E-state index contributed by atoms with van der Waals surface area (Å²) in [5, 5.41) is 15.0. The van der Waals surface area contributed by atoms with Crippen molar-refractivity contribution in [2.24, 2.45) is 0 Å². The second-order valence-corrected chi connectivity index (χ2v) is 11.6. The smallest absolute Gasteiger partial charge is 0.0998 e. The van der Waals surface area contributed by atoms with Crippen LogP contribution in [0.2, 0.25) is 0 Å². The van der Waals surface area contributed by atoms with E-state index in [1.165, 1.54) is 32.6 Å². The maximum Gasteiger partial charge on any atom is 0.0998 e. The molecule has 46 heavy (non-hydrogen) atoms. The highest BCUT2D eigenvalue weighted by molar-refractivity contribution is 6.11. The molecule has 214 valence electrons. The van der Waals surface area contributed by atoms with E-state index in [4.69, 9.17) is 0 Å². The van der Waals surface area contributed by atoms with E-state index in [-0.39, 0.29) is 0 Å². The van der Waals surface area contributed by atoms with Gasteiger partial charge in [-0.25, -0.2) is 0 Å². The molecule has 0 unspecified atom stereocenters. The predicted molar refractivity (Wildman–Crippen MR) is 191 cm³/mol. The largest absolute Gasteiger partial charge is 0.309 e. The van der Waals surface area contributed by atoms with Crippen molar-refractivity contribution in [1.82, 2.24) is 9.13 Å². The Kier molecular flexibility index (Phi) is 5.88. The molecule has 0 bridgehead atoms. The third-order valence-electron chi connectivity index (χ3n) is 9.19. The number of benzene rings is 7. The number of nitrogens with zero attached hydrogens (tertiary/aromatic N) is 3. The van der Waals surface area contributed by atoms with Crippen molar-refractivity contribution < 1.29 is 0 Å². The summed E-state index contributed by atoms with van der Waals surface area (Å²) in [5.41, 5.74) is 11.6. The maximum atomic E-state index is 10.1. The van der Waals surface area contributed by atoms with Gasteiger partial charge in [-0.3, -0.25) is 0 Å². The van der Waals surface area contributed by atoms with Crippen molar-refractivity contribution in [2.45, 2.75) is 0 Å². The van der Waals surface area contributed by atoms with Gasteiger partial charge in [0.1, 0.15) is 0 Å². The highest BCUT2D eigenvalue weighted by Crippen LogP contribution is 2.41. The van der Waals surface area contributed by atoms with Crippen LogP contribution in [0.15, 0.2) is 164 Å². The molecule has 0 spiro atoms. The Morgan fingerprint density at radius 2 is 0.804 bits per heavy atom. The summed E-state index contributed by atoms with van der Waals surface area (Å²) in [7, 11) is 0. The summed E-state index contributed by atoms with van der Waals surface area (Å²) in [5.74, 6) is 0. The van der Waals surface area contributed by atoms with Crippen LogP contribution in [0.1, 0.15) is 5.56 Å². The zero-order valence-electron chi connectivity index (χ0n) is 24.9. The predicted octanol–water partition coefficient (Wildman–Crippen LogP) is 11.1. The van der Waals surface area contributed by atoms with Crippen LogP contribution in [0.5, 0.6) is 0 Å². The topological polar surface area (TPSA) is 33.6 Å². The van der Waals surface area contributed by atoms with E-state index in [0.717, 1.165) is 44.7 Å². The molecule has 0 amide bonds. The van der Waals surface area contributed by atoms with Crippen molar-refractivity contribution >= 4 is 43.6 Å². The van der Waals surface area contributed by atoms with Gasteiger partial charge in [0.15, 0.2) is 0 Å². The van der Waals surface area contributed by atoms with Gasteiger partial charge >= 0.3 is 0 Å². The van der Waals surface area contributed by atoms with Gasteiger partial charge in [0.05, 0.1) is 45.1 Å². The minimum atomic E-state index is 0.656. The lowest BCUT2D eigenvalue weighted by molar-refractivity contribution is 1.17. The molecule has 2 aromatic heterocycles. The number of rotatable bonds is 4. The number of nitriles is 1. The van der Waals surface area contributed by atoms with E-state index in [0.29, 0.717) is 5.56 Å². The Balaban J connectivity index is 1.37. The summed E-state index contributed by atoms with van der Waals surface area (Å²) in [6.45, 7) is 0. The lowest BCUT2D eigenvalue weighted by Crippen LogP contribution is -2.01. The van der Waals surface area contributed by atoms with Crippen LogP contribution in [-0.2, 0) is 0 Å². The van der Waals surface area contributed by atoms with E-state index in [9.17, 15) is 5.26 Å². The summed E-state index contributed by atoms with van der Waals surface area (Å²) < 4.78 is 4.75. The Labute approximate surface area is 266 Å². The van der Waals surface area contributed by atoms with E-state index in [1.807, 2.05) is 18.2 Å². The molecule has 0 saturated heterocycles. The Morgan fingerprint density at radius 1 is 0.370 bits per heavy atom. The van der Waals surface area contributed by atoms with Crippen LogP contribution >= 0.6 is 0 Å². The summed E-state index contributed by atoms with van der Waals surface area (Å²) in [6, 6.07) is 60.1. The molecule has 2 heterocycles. The summed E-state index contributed by atoms with van der Waals surface area (Å²) >= 11 is 0. The normalized spacial score (nSPS) is 11.5. The molecule has 0 aliphatic rings. The van der Waals surface area contributed by atoms with E-state index < -0.39 is 0 Å². The summed E-state index contributed by atoms with van der Waals surface area (Å²) in [4.78, 5) is 0. The van der Waals surface area contributed by atoms with Gasteiger partial charge in [0.25, 0.3) is 0 Å². The third kappa shape index (κ3) is 3.84.